The second kappa shape index (κ2) is 12.5. The molecule has 0 aliphatic heterocycles. The Balaban J connectivity index is 1.10. The standard InChI is InChI=1S/C50H33NO/c1-2-12-35(13-3-1)43-18-8-9-23-48(43)51(39-29-24-37(25-30-39)42-20-10-16-34-14-4-6-17-41(34)42)40-31-26-38(27-32-40)45-21-11-22-46-47-33-28-36-15-5-7-19-44(36)50(47)52-49(45)46/h1-33H. The molecule has 0 amide bonds. The molecule has 0 radical (unpaired) electrons. The quantitative estimate of drug-likeness (QED) is 0.176. The number of furan rings is 1. The van der Waals surface area contributed by atoms with Crippen LogP contribution in [0.2, 0.25) is 0 Å². The Morgan fingerprint density at radius 1 is 0.288 bits per heavy atom. The molecule has 0 unspecified atom stereocenters. The van der Waals surface area contributed by atoms with E-state index in [0.29, 0.717) is 0 Å². The van der Waals surface area contributed by atoms with E-state index in [1.165, 1.54) is 38.4 Å². The first-order chi connectivity index (χ1) is 25.8. The Kier molecular flexibility index (Phi) is 7.18. The third kappa shape index (κ3) is 5.04. The molecule has 0 N–H and O–H groups in total. The zero-order valence-electron chi connectivity index (χ0n) is 28.4. The average molecular weight is 664 g/mol. The first kappa shape index (κ1) is 30.0. The zero-order valence-corrected chi connectivity index (χ0v) is 28.4. The van der Waals surface area contributed by atoms with Crippen molar-refractivity contribution in [2.24, 2.45) is 0 Å². The van der Waals surface area contributed by atoms with E-state index in [9.17, 15) is 0 Å². The molecule has 0 saturated carbocycles. The smallest absolute Gasteiger partial charge is 0.143 e. The van der Waals surface area contributed by atoms with Gasteiger partial charge in [0.15, 0.2) is 0 Å². The number of fused-ring (bicyclic) bond motifs is 6. The molecule has 0 aliphatic rings. The van der Waals surface area contributed by atoms with Gasteiger partial charge in [-0.25, -0.2) is 0 Å². The second-order valence-electron chi connectivity index (χ2n) is 13.3. The van der Waals surface area contributed by atoms with Gasteiger partial charge in [0.1, 0.15) is 11.2 Å². The summed E-state index contributed by atoms with van der Waals surface area (Å²) in [4.78, 5) is 2.37. The molecule has 0 spiro atoms. The summed E-state index contributed by atoms with van der Waals surface area (Å²) in [5.74, 6) is 0. The van der Waals surface area contributed by atoms with Gasteiger partial charge in [0, 0.05) is 38.7 Å². The van der Waals surface area contributed by atoms with Crippen LogP contribution in [0.25, 0.3) is 76.9 Å². The van der Waals surface area contributed by atoms with Crippen molar-refractivity contribution in [3.8, 4) is 33.4 Å². The number of anilines is 3. The molecular weight excluding hydrogens is 631 g/mol. The van der Waals surface area contributed by atoms with Crippen LogP contribution in [0.4, 0.5) is 17.1 Å². The van der Waals surface area contributed by atoms with E-state index in [-0.39, 0.29) is 0 Å². The third-order valence-corrected chi connectivity index (χ3v) is 10.3. The first-order valence-electron chi connectivity index (χ1n) is 17.8. The maximum absolute atomic E-state index is 6.70. The van der Waals surface area contributed by atoms with Crippen molar-refractivity contribution in [1.82, 2.24) is 0 Å². The summed E-state index contributed by atoms with van der Waals surface area (Å²) >= 11 is 0. The fourth-order valence-electron chi connectivity index (χ4n) is 7.77. The number of benzene rings is 9. The summed E-state index contributed by atoms with van der Waals surface area (Å²) in [6, 6.07) is 71.6. The molecule has 2 heteroatoms. The summed E-state index contributed by atoms with van der Waals surface area (Å²) < 4.78 is 6.70. The molecule has 1 heterocycles. The minimum absolute atomic E-state index is 0.914. The molecule has 52 heavy (non-hydrogen) atoms. The van der Waals surface area contributed by atoms with E-state index >= 15 is 0 Å². The van der Waals surface area contributed by atoms with Crippen LogP contribution < -0.4 is 4.90 Å². The monoisotopic (exact) mass is 663 g/mol. The summed E-state index contributed by atoms with van der Waals surface area (Å²) in [5, 5.41) is 7.09. The Bertz CT molecular complexity index is 2880. The third-order valence-electron chi connectivity index (χ3n) is 10.3. The van der Waals surface area contributed by atoms with Crippen molar-refractivity contribution in [2.45, 2.75) is 0 Å². The molecule has 1 aromatic heterocycles. The minimum atomic E-state index is 0.914. The molecule has 244 valence electrons. The van der Waals surface area contributed by atoms with E-state index in [2.05, 4.69) is 205 Å². The Morgan fingerprint density at radius 3 is 1.56 bits per heavy atom. The lowest BCUT2D eigenvalue weighted by atomic mass is 9.97. The fourth-order valence-corrected chi connectivity index (χ4v) is 7.77. The highest BCUT2D eigenvalue weighted by atomic mass is 16.3. The van der Waals surface area contributed by atoms with Crippen molar-refractivity contribution in [1.29, 1.82) is 0 Å². The van der Waals surface area contributed by atoms with Crippen molar-refractivity contribution in [3.05, 3.63) is 200 Å². The molecule has 2 nitrogen and oxygen atoms in total. The van der Waals surface area contributed by atoms with Crippen LogP contribution >= 0.6 is 0 Å². The van der Waals surface area contributed by atoms with Gasteiger partial charge in [-0.15, -0.1) is 0 Å². The normalized spacial score (nSPS) is 11.5. The van der Waals surface area contributed by atoms with Crippen LogP contribution in [0.3, 0.4) is 0 Å². The average Bonchev–Trinajstić information content (AvgIpc) is 3.62. The number of rotatable bonds is 6. The van der Waals surface area contributed by atoms with Crippen LogP contribution in [0.5, 0.6) is 0 Å². The number of hydrogen-bond donors (Lipinski definition) is 0. The van der Waals surface area contributed by atoms with Crippen LogP contribution in [-0.2, 0) is 0 Å². The van der Waals surface area contributed by atoms with Crippen molar-refractivity contribution < 1.29 is 4.42 Å². The van der Waals surface area contributed by atoms with Crippen LogP contribution in [-0.4, -0.2) is 0 Å². The van der Waals surface area contributed by atoms with E-state index in [4.69, 9.17) is 4.42 Å². The lowest BCUT2D eigenvalue weighted by molar-refractivity contribution is 0.674. The lowest BCUT2D eigenvalue weighted by Crippen LogP contribution is -2.11. The Hall–Kier alpha value is -6.90. The SMILES string of the molecule is c1ccc(-c2ccccc2N(c2ccc(-c3cccc4ccccc34)cc2)c2ccc(-c3cccc4c3oc3c5ccccc5ccc43)cc2)cc1. The summed E-state index contributed by atoms with van der Waals surface area (Å²) in [6.07, 6.45) is 0. The predicted molar refractivity (Wildman–Crippen MR) is 220 cm³/mol. The number of nitrogens with zero attached hydrogens (tertiary/aromatic N) is 1. The van der Waals surface area contributed by atoms with Gasteiger partial charge in [0.25, 0.3) is 0 Å². The highest BCUT2D eigenvalue weighted by molar-refractivity contribution is 6.17. The van der Waals surface area contributed by atoms with Crippen LogP contribution in [0, 0.1) is 0 Å². The van der Waals surface area contributed by atoms with Gasteiger partial charge in [-0.05, 0) is 74.8 Å². The van der Waals surface area contributed by atoms with E-state index in [0.717, 1.165) is 55.5 Å². The topological polar surface area (TPSA) is 16.4 Å². The van der Waals surface area contributed by atoms with Gasteiger partial charge in [0.05, 0.1) is 5.69 Å². The molecule has 0 aliphatic carbocycles. The molecule has 0 saturated heterocycles. The molecular formula is C50H33NO. The van der Waals surface area contributed by atoms with Gasteiger partial charge in [-0.3, -0.25) is 0 Å². The van der Waals surface area contributed by atoms with E-state index in [1.807, 2.05) is 0 Å². The highest BCUT2D eigenvalue weighted by Gasteiger charge is 2.19. The van der Waals surface area contributed by atoms with Gasteiger partial charge in [-0.2, -0.15) is 0 Å². The van der Waals surface area contributed by atoms with Gasteiger partial charge < -0.3 is 9.32 Å². The fraction of sp³-hybridized carbons (Fsp3) is 0. The minimum Gasteiger partial charge on any atom is -0.455 e. The molecule has 0 bridgehead atoms. The molecule has 0 fully saturated rings. The molecule has 9 aromatic carbocycles. The maximum atomic E-state index is 6.70. The van der Waals surface area contributed by atoms with Crippen molar-refractivity contribution in [3.63, 3.8) is 0 Å². The second-order valence-corrected chi connectivity index (χ2v) is 13.3. The molecule has 0 atom stereocenters. The Labute approximate surface area is 302 Å². The number of hydrogen-bond acceptors (Lipinski definition) is 2. The van der Waals surface area contributed by atoms with Crippen molar-refractivity contribution >= 4 is 60.5 Å². The summed E-state index contributed by atoms with van der Waals surface area (Å²) in [5.41, 5.74) is 12.1. The largest absolute Gasteiger partial charge is 0.455 e. The van der Waals surface area contributed by atoms with E-state index in [1.54, 1.807) is 0 Å². The molecule has 10 aromatic rings. The highest BCUT2D eigenvalue weighted by Crippen LogP contribution is 2.43. The lowest BCUT2D eigenvalue weighted by Gasteiger charge is -2.28. The van der Waals surface area contributed by atoms with Gasteiger partial charge in [0.2, 0.25) is 0 Å². The van der Waals surface area contributed by atoms with E-state index < -0.39 is 0 Å². The Morgan fingerprint density at radius 2 is 0.788 bits per heavy atom. The van der Waals surface area contributed by atoms with Crippen LogP contribution in [0.15, 0.2) is 205 Å². The van der Waals surface area contributed by atoms with Gasteiger partial charge >= 0.3 is 0 Å². The molecule has 10 rings (SSSR count). The van der Waals surface area contributed by atoms with Crippen LogP contribution in [0.1, 0.15) is 0 Å². The number of para-hydroxylation sites is 2. The van der Waals surface area contributed by atoms with Gasteiger partial charge in [-0.1, -0.05) is 164 Å². The maximum Gasteiger partial charge on any atom is 0.143 e. The summed E-state index contributed by atoms with van der Waals surface area (Å²) in [7, 11) is 0. The first-order valence-corrected chi connectivity index (χ1v) is 17.8. The van der Waals surface area contributed by atoms with Crippen molar-refractivity contribution in [2.75, 3.05) is 4.90 Å². The predicted octanol–water partition coefficient (Wildman–Crippen LogP) is 14.4. The summed E-state index contributed by atoms with van der Waals surface area (Å²) in [6.45, 7) is 0. The zero-order chi connectivity index (χ0) is 34.4.